The minimum Gasteiger partial charge on any atom is -0.298 e. The molecule has 7 heteroatoms. The second-order valence-electron chi connectivity index (χ2n) is 4.73. The highest BCUT2D eigenvalue weighted by Gasteiger charge is 2.30. The minimum absolute atomic E-state index is 0.204. The van der Waals surface area contributed by atoms with E-state index in [9.17, 15) is 9.59 Å². The zero-order valence-corrected chi connectivity index (χ0v) is 14.2. The van der Waals surface area contributed by atoms with Crippen LogP contribution in [0.2, 0.25) is 10.0 Å². The average molecular weight is 400 g/mol. The molecule has 1 aromatic carbocycles. The van der Waals surface area contributed by atoms with Gasteiger partial charge in [0.25, 0.3) is 5.91 Å². The molecule has 0 spiro atoms. The summed E-state index contributed by atoms with van der Waals surface area (Å²) in [5.41, 5.74) is 1.48. The van der Waals surface area contributed by atoms with E-state index in [0.717, 1.165) is 16.3 Å². The van der Waals surface area contributed by atoms with Crippen LogP contribution in [0.15, 0.2) is 52.3 Å². The Labute approximate surface area is 145 Å². The molecule has 0 fully saturated rings. The predicted octanol–water partition coefficient (Wildman–Crippen LogP) is 3.93. The number of hydrogen-bond acceptors (Lipinski definition) is 3. The van der Waals surface area contributed by atoms with Crippen molar-refractivity contribution in [3.05, 3.63) is 67.9 Å². The van der Waals surface area contributed by atoms with Gasteiger partial charge in [-0.15, -0.1) is 0 Å². The highest BCUT2D eigenvalue weighted by molar-refractivity contribution is 9.11. The number of fused-ring (bicyclic) bond motifs is 2. The number of carbonyl (C=O) groups excluding carboxylic acids is 2. The van der Waals surface area contributed by atoms with E-state index < -0.39 is 5.91 Å². The van der Waals surface area contributed by atoms with Gasteiger partial charge in [0.1, 0.15) is 0 Å². The number of hydrogen-bond donors (Lipinski definition) is 0. The van der Waals surface area contributed by atoms with Crippen molar-refractivity contribution in [3.8, 4) is 0 Å². The summed E-state index contributed by atoms with van der Waals surface area (Å²) in [6, 6.07) is 4.87. The van der Waals surface area contributed by atoms with Gasteiger partial charge in [0.05, 0.1) is 22.2 Å². The van der Waals surface area contributed by atoms with E-state index in [1.54, 1.807) is 29.4 Å². The molecule has 1 amide bonds. The number of aldehydes is 1. The fourth-order valence-electron chi connectivity index (χ4n) is 2.31. The van der Waals surface area contributed by atoms with Crippen molar-refractivity contribution >= 4 is 51.3 Å². The molecule has 1 aromatic rings. The van der Waals surface area contributed by atoms with Gasteiger partial charge in [0.15, 0.2) is 6.29 Å². The summed E-state index contributed by atoms with van der Waals surface area (Å²) in [6.07, 6.45) is 5.81. The molecule has 2 aliphatic rings. The summed E-state index contributed by atoms with van der Waals surface area (Å²) in [5.74, 6) is -0.396. The lowest BCUT2D eigenvalue weighted by molar-refractivity contribution is -0.105. The summed E-state index contributed by atoms with van der Waals surface area (Å²) in [4.78, 5) is 24.1. The molecule has 112 valence electrons. The first-order valence-electron chi connectivity index (χ1n) is 6.30. The number of benzene rings is 1. The Morgan fingerprint density at radius 1 is 1.23 bits per heavy atom. The van der Waals surface area contributed by atoms with E-state index >= 15 is 0 Å². The standard InChI is InChI=1S/C15H9BrCl2N2O2/c16-11-4-9-5-19(7-11)20(6-10(9)8-21)15(22)14-12(17)2-1-3-13(14)18/h1-4,6-8H,5H2. The molecule has 2 bridgehead atoms. The van der Waals surface area contributed by atoms with Gasteiger partial charge in [-0.3, -0.25) is 14.6 Å². The summed E-state index contributed by atoms with van der Waals surface area (Å²) in [6.45, 7) is 0.424. The third-order valence-electron chi connectivity index (χ3n) is 3.34. The van der Waals surface area contributed by atoms with Gasteiger partial charge in [-0.2, -0.15) is 0 Å². The normalized spacial score (nSPS) is 16.8. The van der Waals surface area contributed by atoms with E-state index in [2.05, 4.69) is 15.9 Å². The lowest BCUT2D eigenvalue weighted by Gasteiger charge is -2.38. The molecule has 0 aromatic heterocycles. The molecule has 2 heterocycles. The molecule has 0 unspecified atom stereocenters. The monoisotopic (exact) mass is 398 g/mol. The van der Waals surface area contributed by atoms with Crippen molar-refractivity contribution in [1.29, 1.82) is 0 Å². The number of nitrogens with zero attached hydrogens (tertiary/aromatic N) is 2. The molecule has 3 rings (SSSR count). The van der Waals surface area contributed by atoms with Crippen LogP contribution >= 0.6 is 39.1 Å². The van der Waals surface area contributed by atoms with Gasteiger partial charge in [-0.25, -0.2) is 5.01 Å². The van der Waals surface area contributed by atoms with Crippen LogP contribution in [-0.2, 0) is 4.79 Å². The minimum atomic E-state index is -0.396. The zero-order chi connectivity index (χ0) is 15.9. The summed E-state index contributed by atoms with van der Waals surface area (Å²) < 4.78 is 0.768. The van der Waals surface area contributed by atoms with Crippen LogP contribution < -0.4 is 0 Å². The van der Waals surface area contributed by atoms with Crippen molar-refractivity contribution in [1.82, 2.24) is 10.0 Å². The molecule has 0 N–H and O–H groups in total. The fraction of sp³-hybridized carbons (Fsp3) is 0.0667. The second kappa shape index (κ2) is 5.91. The molecule has 0 saturated heterocycles. The molecule has 0 saturated carbocycles. The van der Waals surface area contributed by atoms with Crippen LogP contribution in [-0.4, -0.2) is 28.8 Å². The maximum atomic E-state index is 12.8. The van der Waals surface area contributed by atoms with Crippen molar-refractivity contribution in [3.63, 3.8) is 0 Å². The number of carbonyl (C=O) groups is 2. The Morgan fingerprint density at radius 3 is 2.55 bits per heavy atom. The van der Waals surface area contributed by atoms with E-state index in [1.807, 2.05) is 6.08 Å². The van der Waals surface area contributed by atoms with Gasteiger partial charge >= 0.3 is 0 Å². The molecule has 4 nitrogen and oxygen atoms in total. The quantitative estimate of drug-likeness (QED) is 0.707. The van der Waals surface area contributed by atoms with Crippen LogP contribution in [0, 0.1) is 0 Å². The van der Waals surface area contributed by atoms with Crippen molar-refractivity contribution in [2.75, 3.05) is 6.54 Å². The van der Waals surface area contributed by atoms with Crippen LogP contribution in [0.5, 0.6) is 0 Å². The van der Waals surface area contributed by atoms with E-state index in [1.165, 1.54) is 11.2 Å². The summed E-state index contributed by atoms with van der Waals surface area (Å²) in [5, 5.41) is 3.56. The van der Waals surface area contributed by atoms with Gasteiger partial charge < -0.3 is 0 Å². The molecular formula is C15H9BrCl2N2O2. The Hall–Kier alpha value is -1.56. The Morgan fingerprint density at radius 2 is 1.91 bits per heavy atom. The molecular weight excluding hydrogens is 391 g/mol. The van der Waals surface area contributed by atoms with Crippen molar-refractivity contribution < 1.29 is 9.59 Å². The second-order valence-corrected chi connectivity index (χ2v) is 6.46. The van der Waals surface area contributed by atoms with E-state index in [0.29, 0.717) is 12.1 Å². The molecule has 22 heavy (non-hydrogen) atoms. The maximum Gasteiger partial charge on any atom is 0.279 e. The number of halogens is 3. The first-order valence-corrected chi connectivity index (χ1v) is 7.85. The molecule has 0 aliphatic carbocycles. The van der Waals surface area contributed by atoms with Crippen molar-refractivity contribution in [2.24, 2.45) is 0 Å². The number of hydrazine groups is 1. The van der Waals surface area contributed by atoms with Gasteiger partial charge in [0, 0.05) is 22.5 Å². The molecule has 0 radical (unpaired) electrons. The van der Waals surface area contributed by atoms with Gasteiger partial charge in [-0.1, -0.05) is 29.3 Å². The van der Waals surface area contributed by atoms with Crippen LogP contribution in [0.4, 0.5) is 0 Å². The van der Waals surface area contributed by atoms with Crippen LogP contribution in [0.1, 0.15) is 10.4 Å². The fourth-order valence-corrected chi connectivity index (χ4v) is 3.38. The largest absolute Gasteiger partial charge is 0.298 e. The third-order valence-corrected chi connectivity index (χ3v) is 4.40. The number of allylic oxidation sites excluding steroid dienone is 2. The number of amides is 1. The Kier molecular flexibility index (Phi) is 4.12. The molecule has 0 atom stereocenters. The smallest absolute Gasteiger partial charge is 0.279 e. The lowest BCUT2D eigenvalue weighted by Crippen LogP contribution is -2.45. The maximum absolute atomic E-state index is 12.8. The zero-order valence-electron chi connectivity index (χ0n) is 11.1. The van der Waals surface area contributed by atoms with Crippen LogP contribution in [0.25, 0.3) is 0 Å². The first kappa shape index (κ1) is 15.3. The highest BCUT2D eigenvalue weighted by Crippen LogP contribution is 2.32. The Bertz CT molecular complexity index is 751. The summed E-state index contributed by atoms with van der Waals surface area (Å²) in [7, 11) is 0. The highest BCUT2D eigenvalue weighted by atomic mass is 79.9. The van der Waals surface area contributed by atoms with E-state index in [-0.39, 0.29) is 15.6 Å². The SMILES string of the molecule is O=CC1=CN(C(=O)c2c(Cl)cccc2Cl)N2C=C(Br)C=C1C2. The summed E-state index contributed by atoms with van der Waals surface area (Å²) >= 11 is 15.6. The molecule has 2 aliphatic heterocycles. The number of rotatable bonds is 2. The van der Waals surface area contributed by atoms with Crippen LogP contribution in [0.3, 0.4) is 0 Å². The van der Waals surface area contributed by atoms with Crippen molar-refractivity contribution in [2.45, 2.75) is 0 Å². The lowest BCUT2D eigenvalue weighted by atomic mass is 10.0. The Balaban J connectivity index is 2.08. The average Bonchev–Trinajstić information content (AvgIpc) is 2.46. The topological polar surface area (TPSA) is 40.6 Å². The predicted molar refractivity (Wildman–Crippen MR) is 88.6 cm³/mol. The first-order chi connectivity index (χ1) is 10.5. The van der Waals surface area contributed by atoms with Gasteiger partial charge in [0.2, 0.25) is 0 Å². The van der Waals surface area contributed by atoms with E-state index in [4.69, 9.17) is 23.2 Å². The third kappa shape index (κ3) is 2.60. The van der Waals surface area contributed by atoms with Gasteiger partial charge in [-0.05, 0) is 39.7 Å².